The van der Waals surface area contributed by atoms with Crippen molar-refractivity contribution in [2.24, 2.45) is 5.73 Å². The number of nitrogens with one attached hydrogen (secondary N) is 1. The average molecular weight is 408 g/mol. The van der Waals surface area contributed by atoms with Gasteiger partial charge in [0.1, 0.15) is 6.17 Å². The molecule has 0 aliphatic heterocycles. The summed E-state index contributed by atoms with van der Waals surface area (Å²) in [6.07, 6.45) is -5.96. The summed E-state index contributed by atoms with van der Waals surface area (Å²) < 4.78 is 46.3. The number of alkyl halides is 3. The van der Waals surface area contributed by atoms with Crippen molar-refractivity contribution in [2.75, 3.05) is 6.61 Å². The summed E-state index contributed by atoms with van der Waals surface area (Å²) in [7, 11) is 0. The van der Waals surface area contributed by atoms with Crippen molar-refractivity contribution in [3.63, 3.8) is 0 Å². The number of carbonyl (C=O) groups excluding carboxylic acids is 1. The van der Waals surface area contributed by atoms with Crippen LogP contribution in [0.3, 0.4) is 0 Å². The second-order valence-corrected chi connectivity index (χ2v) is 6.36. The molecule has 2 aromatic rings. The molecule has 2 atom stereocenters. The molecule has 0 bridgehead atoms. The molecule has 0 amide bonds. The molecule has 29 heavy (non-hydrogen) atoms. The van der Waals surface area contributed by atoms with E-state index in [9.17, 15) is 23.1 Å². The Hall–Kier alpha value is -2.84. The molecule has 2 rings (SSSR count). The molecule has 4 N–H and O–H groups in total. The van der Waals surface area contributed by atoms with Crippen molar-refractivity contribution < 1.29 is 27.8 Å². The van der Waals surface area contributed by atoms with Gasteiger partial charge in [-0.2, -0.15) is 13.2 Å². The van der Waals surface area contributed by atoms with Crippen molar-refractivity contribution in [2.45, 2.75) is 31.3 Å². The Morgan fingerprint density at radius 3 is 2.21 bits per heavy atom. The minimum absolute atomic E-state index is 0.0512. The molecule has 0 saturated carbocycles. The largest absolute Gasteiger partial charge is 0.463 e. The van der Waals surface area contributed by atoms with E-state index < -0.39 is 30.3 Å². The Bertz CT molecular complexity index is 826. The maximum atomic E-state index is 13.8. The summed E-state index contributed by atoms with van der Waals surface area (Å²) in [6, 6.07) is 15.3. The van der Waals surface area contributed by atoms with E-state index in [-0.39, 0.29) is 17.9 Å². The first-order valence-electron chi connectivity index (χ1n) is 8.96. The van der Waals surface area contributed by atoms with E-state index in [1.165, 1.54) is 24.3 Å². The number of hydrogen-bond donors (Lipinski definition) is 3. The Kier molecular flexibility index (Phi) is 7.41. The molecule has 0 heterocycles. The first kappa shape index (κ1) is 22.4. The molecule has 0 saturated heterocycles. The topological polar surface area (TPSA) is 84.6 Å². The summed E-state index contributed by atoms with van der Waals surface area (Å²) in [4.78, 5) is 11.9. The van der Waals surface area contributed by atoms with Gasteiger partial charge in [-0.1, -0.05) is 60.7 Å². The molecule has 0 spiro atoms. The van der Waals surface area contributed by atoms with E-state index >= 15 is 0 Å². The predicted molar refractivity (Wildman–Crippen MR) is 102 cm³/mol. The molecule has 0 fully saturated rings. The van der Waals surface area contributed by atoms with Crippen LogP contribution in [0.25, 0.3) is 0 Å². The molecular formula is C21H23F3N2O3. The smallest absolute Gasteiger partial charge is 0.421 e. The van der Waals surface area contributed by atoms with Gasteiger partial charge in [0.15, 0.2) is 5.60 Å². The fourth-order valence-corrected chi connectivity index (χ4v) is 2.77. The van der Waals surface area contributed by atoms with Crippen molar-refractivity contribution in [3.05, 3.63) is 83.6 Å². The van der Waals surface area contributed by atoms with Crippen LogP contribution in [0.1, 0.15) is 30.6 Å². The minimum Gasteiger partial charge on any atom is -0.463 e. The molecule has 0 aromatic heterocycles. The van der Waals surface area contributed by atoms with Gasteiger partial charge >= 0.3 is 12.1 Å². The predicted octanol–water partition coefficient (Wildman–Crippen LogP) is 3.52. The van der Waals surface area contributed by atoms with Crippen LogP contribution in [-0.2, 0) is 15.1 Å². The maximum Gasteiger partial charge on any atom is 0.421 e. The summed E-state index contributed by atoms with van der Waals surface area (Å²) in [5.74, 6) is -0.840. The average Bonchev–Trinajstić information content (AvgIpc) is 2.68. The summed E-state index contributed by atoms with van der Waals surface area (Å²) in [6.45, 7) is 1.63. The third-order valence-electron chi connectivity index (χ3n) is 4.24. The maximum absolute atomic E-state index is 13.8. The van der Waals surface area contributed by atoms with Crippen LogP contribution < -0.4 is 11.1 Å². The fraction of sp³-hybridized carbons (Fsp3) is 0.286. The zero-order valence-electron chi connectivity index (χ0n) is 15.8. The number of carbonyl (C=O) groups is 1. The van der Waals surface area contributed by atoms with E-state index in [2.05, 4.69) is 5.32 Å². The molecule has 8 heteroatoms. The molecule has 156 valence electrons. The second kappa shape index (κ2) is 9.58. The Morgan fingerprint density at radius 1 is 1.14 bits per heavy atom. The van der Waals surface area contributed by atoms with Gasteiger partial charge in [0.05, 0.1) is 6.61 Å². The molecule has 0 radical (unpaired) electrons. The summed E-state index contributed by atoms with van der Waals surface area (Å²) >= 11 is 0. The Labute approximate surface area is 167 Å². The van der Waals surface area contributed by atoms with Gasteiger partial charge in [0, 0.05) is 18.2 Å². The van der Waals surface area contributed by atoms with Gasteiger partial charge in [-0.25, -0.2) is 4.79 Å². The van der Waals surface area contributed by atoms with E-state index in [4.69, 9.17) is 10.5 Å². The Balaban J connectivity index is 2.40. The van der Waals surface area contributed by atoms with E-state index in [1.54, 1.807) is 43.3 Å². The van der Waals surface area contributed by atoms with Gasteiger partial charge in [0.2, 0.25) is 0 Å². The molecule has 0 aliphatic carbocycles. The monoisotopic (exact) mass is 408 g/mol. The number of nitrogens with two attached hydrogens (primary N) is 1. The zero-order valence-corrected chi connectivity index (χ0v) is 15.8. The first-order valence-corrected chi connectivity index (χ1v) is 8.96. The molecule has 5 nitrogen and oxygen atoms in total. The lowest BCUT2D eigenvalue weighted by Gasteiger charge is -2.33. The quantitative estimate of drug-likeness (QED) is 0.354. The van der Waals surface area contributed by atoms with Crippen LogP contribution in [0.4, 0.5) is 13.2 Å². The lowest BCUT2D eigenvalue weighted by atomic mass is 9.88. The normalized spacial score (nSPS) is 15.3. The number of esters is 1. The Morgan fingerprint density at radius 2 is 1.69 bits per heavy atom. The van der Waals surface area contributed by atoms with Crippen LogP contribution in [0.5, 0.6) is 0 Å². The van der Waals surface area contributed by atoms with Gasteiger partial charge < -0.3 is 20.9 Å². The van der Waals surface area contributed by atoms with Crippen molar-refractivity contribution in [3.8, 4) is 0 Å². The van der Waals surface area contributed by atoms with E-state index in [1.807, 2.05) is 0 Å². The number of halogens is 3. The van der Waals surface area contributed by atoms with Crippen LogP contribution in [0, 0.1) is 0 Å². The third kappa shape index (κ3) is 5.82. The lowest BCUT2D eigenvalue weighted by Crippen LogP contribution is -2.44. The van der Waals surface area contributed by atoms with Crippen LogP contribution >= 0.6 is 0 Å². The second-order valence-electron chi connectivity index (χ2n) is 6.36. The van der Waals surface area contributed by atoms with Gasteiger partial charge in [-0.15, -0.1) is 0 Å². The van der Waals surface area contributed by atoms with Gasteiger partial charge in [-0.3, -0.25) is 0 Å². The number of hydrogen-bond acceptors (Lipinski definition) is 5. The fourth-order valence-electron chi connectivity index (χ4n) is 2.77. The highest BCUT2D eigenvalue weighted by molar-refractivity contribution is 5.82. The van der Waals surface area contributed by atoms with E-state index in [0.717, 1.165) is 6.08 Å². The van der Waals surface area contributed by atoms with E-state index in [0.29, 0.717) is 5.56 Å². The number of aliphatic hydroxyl groups is 1. The van der Waals surface area contributed by atoms with Crippen molar-refractivity contribution >= 4 is 5.97 Å². The highest BCUT2D eigenvalue weighted by Crippen LogP contribution is 2.43. The third-order valence-corrected chi connectivity index (χ3v) is 4.24. The van der Waals surface area contributed by atoms with Crippen LogP contribution in [0.15, 0.2) is 72.4 Å². The summed E-state index contributed by atoms with van der Waals surface area (Å²) in [5, 5.41) is 13.3. The first-order chi connectivity index (χ1) is 13.7. The molecular weight excluding hydrogens is 385 g/mol. The zero-order chi connectivity index (χ0) is 21.5. The lowest BCUT2D eigenvalue weighted by molar-refractivity contribution is -0.266. The minimum atomic E-state index is -5.00. The number of rotatable bonds is 8. The van der Waals surface area contributed by atoms with Crippen molar-refractivity contribution in [1.82, 2.24) is 5.32 Å². The number of benzene rings is 2. The van der Waals surface area contributed by atoms with Crippen molar-refractivity contribution in [1.29, 1.82) is 0 Å². The van der Waals surface area contributed by atoms with Gasteiger partial charge in [-0.05, 0) is 18.1 Å². The SMILES string of the molecule is CCOC(=O)/C=C(\C[C@@](O)(c1ccccc1)C(F)(F)F)N[C@H](N)c1ccccc1. The molecule has 2 aromatic carbocycles. The number of ether oxygens (including phenoxy) is 1. The summed E-state index contributed by atoms with van der Waals surface area (Å²) in [5.41, 5.74) is 2.86. The molecule has 0 unspecified atom stereocenters. The standard InChI is InChI=1S/C21H23F3N2O3/c1-2-29-18(27)13-17(26-19(25)15-9-5-3-6-10-15)14-20(28,21(22,23)24)16-11-7-4-8-12-16/h3-13,19,26,28H,2,14,25H2,1H3/b17-13+/t19-,20+/m0/s1. The highest BCUT2D eigenvalue weighted by atomic mass is 19.4. The highest BCUT2D eigenvalue weighted by Gasteiger charge is 2.55. The van der Waals surface area contributed by atoms with Crippen LogP contribution in [0.2, 0.25) is 0 Å². The van der Waals surface area contributed by atoms with Crippen LogP contribution in [-0.4, -0.2) is 23.9 Å². The van der Waals surface area contributed by atoms with Gasteiger partial charge in [0.25, 0.3) is 0 Å². The molecule has 0 aliphatic rings.